The fraction of sp³-hybridized carbons (Fsp3) is 0.286. The molecule has 1 aromatic carbocycles. The van der Waals surface area contributed by atoms with E-state index < -0.39 is 0 Å². The molecule has 1 aromatic heterocycles. The van der Waals surface area contributed by atoms with Crippen LogP contribution in [0.2, 0.25) is 0 Å². The summed E-state index contributed by atoms with van der Waals surface area (Å²) in [6, 6.07) is 7.61. The lowest BCUT2D eigenvalue weighted by Gasteiger charge is -2.09. The van der Waals surface area contributed by atoms with Crippen LogP contribution < -0.4 is 10.6 Å². The van der Waals surface area contributed by atoms with Gasteiger partial charge in [0, 0.05) is 37.2 Å². The zero-order chi connectivity index (χ0) is 13.7. The molecule has 0 spiro atoms. The molecule has 5 heteroatoms. The fourth-order valence-corrected chi connectivity index (χ4v) is 1.85. The molecule has 100 valence electrons. The molecule has 19 heavy (non-hydrogen) atoms. The molecular formula is C14H18N4O. The van der Waals surface area contributed by atoms with Crippen molar-refractivity contribution in [2.24, 2.45) is 0 Å². The zero-order valence-corrected chi connectivity index (χ0v) is 11.2. The number of aromatic nitrogens is 2. The number of imidazole rings is 1. The highest BCUT2D eigenvalue weighted by molar-refractivity contribution is 5.88. The van der Waals surface area contributed by atoms with E-state index >= 15 is 0 Å². The fourth-order valence-electron chi connectivity index (χ4n) is 1.85. The Kier molecular flexibility index (Phi) is 4.18. The first-order valence-electron chi connectivity index (χ1n) is 6.30. The Bertz CT molecular complexity index is 545. The van der Waals surface area contributed by atoms with Gasteiger partial charge < -0.3 is 15.2 Å². The minimum absolute atomic E-state index is 0.0642. The second-order valence-electron chi connectivity index (χ2n) is 4.24. The van der Waals surface area contributed by atoms with E-state index in [0.29, 0.717) is 6.54 Å². The first-order chi connectivity index (χ1) is 9.19. The summed E-state index contributed by atoms with van der Waals surface area (Å²) in [5, 5.41) is 6.04. The van der Waals surface area contributed by atoms with Gasteiger partial charge in [-0.2, -0.15) is 0 Å². The number of aryl methyl sites for hydroxylation is 1. The average Bonchev–Trinajstić information content (AvgIpc) is 2.84. The highest BCUT2D eigenvalue weighted by Gasteiger charge is 2.01. The number of benzene rings is 1. The molecular weight excluding hydrogens is 240 g/mol. The van der Waals surface area contributed by atoms with Gasteiger partial charge in [-0.1, -0.05) is 0 Å². The van der Waals surface area contributed by atoms with Gasteiger partial charge in [-0.25, -0.2) is 4.98 Å². The third kappa shape index (κ3) is 3.58. The first kappa shape index (κ1) is 13.1. The van der Waals surface area contributed by atoms with Crippen LogP contribution in [-0.4, -0.2) is 15.5 Å². The Morgan fingerprint density at radius 3 is 2.58 bits per heavy atom. The molecule has 0 aliphatic rings. The topological polar surface area (TPSA) is 59.0 Å². The number of nitrogens with one attached hydrogen (secondary N) is 2. The van der Waals surface area contributed by atoms with Crippen LogP contribution in [0.15, 0.2) is 36.7 Å². The van der Waals surface area contributed by atoms with Crippen LogP contribution in [0, 0.1) is 0 Å². The lowest BCUT2D eigenvalue weighted by atomic mass is 10.2. The Hall–Kier alpha value is -2.30. The molecule has 2 rings (SSSR count). The van der Waals surface area contributed by atoms with Gasteiger partial charge in [0.15, 0.2) is 0 Å². The summed E-state index contributed by atoms with van der Waals surface area (Å²) in [6.45, 7) is 5.18. The number of carbonyl (C=O) groups is 1. The molecule has 0 bridgehead atoms. The van der Waals surface area contributed by atoms with Crippen molar-refractivity contribution in [3.63, 3.8) is 0 Å². The number of hydrogen-bond donors (Lipinski definition) is 2. The van der Waals surface area contributed by atoms with Crippen LogP contribution >= 0.6 is 0 Å². The third-order valence-corrected chi connectivity index (χ3v) is 2.80. The predicted octanol–water partition coefficient (Wildman–Crippen LogP) is 2.47. The van der Waals surface area contributed by atoms with Crippen molar-refractivity contribution in [1.82, 2.24) is 9.55 Å². The van der Waals surface area contributed by atoms with E-state index in [4.69, 9.17) is 0 Å². The molecule has 1 heterocycles. The highest BCUT2D eigenvalue weighted by Crippen LogP contribution is 2.14. The molecule has 1 amide bonds. The minimum Gasteiger partial charge on any atom is -0.378 e. The quantitative estimate of drug-likeness (QED) is 0.866. The van der Waals surface area contributed by atoms with Crippen molar-refractivity contribution in [3.8, 4) is 0 Å². The molecule has 2 N–H and O–H groups in total. The van der Waals surface area contributed by atoms with Crippen molar-refractivity contribution in [2.45, 2.75) is 26.9 Å². The third-order valence-electron chi connectivity index (χ3n) is 2.80. The van der Waals surface area contributed by atoms with Crippen LogP contribution in [0.25, 0.3) is 0 Å². The molecule has 0 aliphatic heterocycles. The van der Waals surface area contributed by atoms with Crippen molar-refractivity contribution in [3.05, 3.63) is 42.5 Å². The monoisotopic (exact) mass is 258 g/mol. The lowest BCUT2D eigenvalue weighted by molar-refractivity contribution is -0.114. The summed E-state index contributed by atoms with van der Waals surface area (Å²) in [7, 11) is 0. The molecule has 0 atom stereocenters. The van der Waals surface area contributed by atoms with Crippen LogP contribution in [0.3, 0.4) is 0 Å². The maximum Gasteiger partial charge on any atom is 0.221 e. The van der Waals surface area contributed by atoms with Crippen LogP contribution in [0.5, 0.6) is 0 Å². The largest absolute Gasteiger partial charge is 0.378 e. The summed E-state index contributed by atoms with van der Waals surface area (Å²) >= 11 is 0. The number of anilines is 2. The molecule has 0 aliphatic carbocycles. The summed E-state index contributed by atoms with van der Waals surface area (Å²) in [4.78, 5) is 15.2. The van der Waals surface area contributed by atoms with E-state index in [1.165, 1.54) is 6.92 Å². The van der Waals surface area contributed by atoms with E-state index in [-0.39, 0.29) is 5.91 Å². The number of nitrogens with zero attached hydrogens (tertiary/aromatic N) is 2. The van der Waals surface area contributed by atoms with E-state index in [9.17, 15) is 4.79 Å². The van der Waals surface area contributed by atoms with Crippen LogP contribution in [0.1, 0.15) is 19.7 Å². The lowest BCUT2D eigenvalue weighted by Crippen LogP contribution is -2.08. The van der Waals surface area contributed by atoms with Gasteiger partial charge in [-0.3, -0.25) is 4.79 Å². The number of rotatable bonds is 5. The second-order valence-corrected chi connectivity index (χ2v) is 4.24. The standard InChI is InChI=1S/C14H18N4O/c1-3-18-9-8-15-14(18)10-16-12-4-6-13(7-5-12)17-11(2)19/h4-9,16H,3,10H2,1-2H3,(H,17,19). The summed E-state index contributed by atoms with van der Waals surface area (Å²) in [6.07, 6.45) is 3.78. The van der Waals surface area contributed by atoms with E-state index in [2.05, 4.69) is 27.1 Å². The molecule has 0 saturated carbocycles. The Balaban J connectivity index is 1.94. The number of hydrogen-bond acceptors (Lipinski definition) is 3. The van der Waals surface area contributed by atoms with Gasteiger partial charge in [-0.15, -0.1) is 0 Å². The maximum absolute atomic E-state index is 10.9. The maximum atomic E-state index is 10.9. The van der Waals surface area contributed by atoms with Gasteiger partial charge in [0.2, 0.25) is 5.91 Å². The van der Waals surface area contributed by atoms with Gasteiger partial charge in [0.05, 0.1) is 6.54 Å². The summed E-state index contributed by atoms with van der Waals surface area (Å²) in [5.41, 5.74) is 1.80. The highest BCUT2D eigenvalue weighted by atomic mass is 16.1. The minimum atomic E-state index is -0.0642. The summed E-state index contributed by atoms with van der Waals surface area (Å²) < 4.78 is 2.10. The normalized spacial score (nSPS) is 10.2. The van der Waals surface area contributed by atoms with Crippen molar-refractivity contribution in [2.75, 3.05) is 10.6 Å². The SMILES string of the molecule is CCn1ccnc1CNc1ccc(NC(C)=O)cc1. The second kappa shape index (κ2) is 6.04. The number of amides is 1. The molecule has 2 aromatic rings. The molecule has 0 fully saturated rings. The van der Waals surface area contributed by atoms with Gasteiger partial charge in [-0.05, 0) is 31.2 Å². The van der Waals surface area contributed by atoms with E-state index in [0.717, 1.165) is 23.7 Å². The predicted molar refractivity (Wildman–Crippen MR) is 76.0 cm³/mol. The van der Waals surface area contributed by atoms with Gasteiger partial charge in [0.25, 0.3) is 0 Å². The van der Waals surface area contributed by atoms with Gasteiger partial charge in [0.1, 0.15) is 5.82 Å². The van der Waals surface area contributed by atoms with Crippen molar-refractivity contribution >= 4 is 17.3 Å². The Labute approximate surface area is 112 Å². The van der Waals surface area contributed by atoms with Crippen molar-refractivity contribution in [1.29, 1.82) is 0 Å². The average molecular weight is 258 g/mol. The Morgan fingerprint density at radius 1 is 1.26 bits per heavy atom. The Morgan fingerprint density at radius 2 is 1.95 bits per heavy atom. The zero-order valence-electron chi connectivity index (χ0n) is 11.2. The molecule has 0 unspecified atom stereocenters. The first-order valence-corrected chi connectivity index (χ1v) is 6.30. The van der Waals surface area contributed by atoms with E-state index in [1.54, 1.807) is 6.20 Å². The van der Waals surface area contributed by atoms with Crippen LogP contribution in [0.4, 0.5) is 11.4 Å². The smallest absolute Gasteiger partial charge is 0.221 e. The van der Waals surface area contributed by atoms with Gasteiger partial charge >= 0.3 is 0 Å². The van der Waals surface area contributed by atoms with Crippen LogP contribution in [-0.2, 0) is 17.9 Å². The molecule has 5 nitrogen and oxygen atoms in total. The van der Waals surface area contributed by atoms with E-state index in [1.807, 2.05) is 30.5 Å². The number of carbonyl (C=O) groups excluding carboxylic acids is 1. The van der Waals surface area contributed by atoms with Crippen molar-refractivity contribution < 1.29 is 4.79 Å². The molecule has 0 radical (unpaired) electrons. The summed E-state index contributed by atoms with van der Waals surface area (Å²) in [5.74, 6) is 0.944. The molecule has 0 saturated heterocycles.